The molecule has 0 saturated heterocycles. The fourth-order valence-electron chi connectivity index (χ4n) is 1.47. The van der Waals surface area contributed by atoms with Crippen LogP contribution in [0.15, 0.2) is 27.1 Å². The van der Waals surface area contributed by atoms with Crippen molar-refractivity contribution in [2.75, 3.05) is 26.3 Å². The Balaban J connectivity index is 2.15. The van der Waals surface area contributed by atoms with Crippen LogP contribution in [0.25, 0.3) is 0 Å². The molecule has 0 aliphatic heterocycles. The summed E-state index contributed by atoms with van der Waals surface area (Å²) in [4.78, 5) is 0. The Labute approximate surface area is 120 Å². The summed E-state index contributed by atoms with van der Waals surface area (Å²) in [5, 5.41) is 3.31. The maximum atomic E-state index is 5.58. The van der Waals surface area contributed by atoms with E-state index in [-0.39, 0.29) is 0 Å². The van der Waals surface area contributed by atoms with E-state index in [1.807, 2.05) is 6.07 Å². The van der Waals surface area contributed by atoms with E-state index >= 15 is 0 Å². The van der Waals surface area contributed by atoms with Gasteiger partial charge in [0.25, 0.3) is 0 Å². The zero-order valence-electron chi connectivity index (χ0n) is 10.1. The maximum Gasteiger partial charge on any atom is 0.0591 e. The number of hydrogen-bond donors (Lipinski definition) is 1. The predicted molar refractivity (Wildman–Crippen MR) is 79.5 cm³/mol. The number of ether oxygens (including phenoxy) is 1. The number of rotatable bonds is 8. The molecule has 0 heterocycles. The third-order valence-corrected chi connectivity index (χ3v) is 3.64. The highest BCUT2D eigenvalue weighted by atomic mass is 79.9. The lowest BCUT2D eigenvalue weighted by atomic mass is 10.2. The Kier molecular flexibility index (Phi) is 8.10. The van der Waals surface area contributed by atoms with E-state index in [0.717, 1.165) is 41.7 Å². The molecule has 1 N–H and O–H groups in total. The molecule has 0 fully saturated rings. The topological polar surface area (TPSA) is 21.3 Å². The molecular formula is C13H19Br2NO. The Morgan fingerprint density at radius 2 is 2.00 bits per heavy atom. The van der Waals surface area contributed by atoms with Gasteiger partial charge in [0, 0.05) is 15.5 Å². The lowest BCUT2D eigenvalue weighted by Crippen LogP contribution is -2.20. The number of hydrogen-bond acceptors (Lipinski definition) is 2. The molecule has 0 bridgehead atoms. The molecule has 17 heavy (non-hydrogen) atoms. The van der Waals surface area contributed by atoms with Crippen LogP contribution in [0, 0.1) is 0 Å². The second kappa shape index (κ2) is 9.09. The third-order valence-electron chi connectivity index (χ3n) is 2.37. The second-order valence-corrected chi connectivity index (χ2v) is 5.62. The van der Waals surface area contributed by atoms with Gasteiger partial charge in [0.15, 0.2) is 0 Å². The fraction of sp³-hybridized carbons (Fsp3) is 0.538. The summed E-state index contributed by atoms with van der Waals surface area (Å²) in [7, 11) is 0. The van der Waals surface area contributed by atoms with Crippen molar-refractivity contribution in [2.45, 2.75) is 19.8 Å². The lowest BCUT2D eigenvalue weighted by Gasteiger charge is -2.07. The molecule has 0 amide bonds. The molecule has 0 spiro atoms. The zero-order valence-corrected chi connectivity index (χ0v) is 13.3. The van der Waals surface area contributed by atoms with Crippen LogP contribution in [-0.2, 0) is 11.2 Å². The van der Waals surface area contributed by atoms with E-state index in [0.29, 0.717) is 0 Å². The van der Waals surface area contributed by atoms with E-state index < -0.39 is 0 Å². The SMILES string of the molecule is CCCNCCOCCc1cc(Br)ccc1Br. The molecule has 0 saturated carbocycles. The summed E-state index contributed by atoms with van der Waals surface area (Å²) in [6, 6.07) is 6.22. The highest BCUT2D eigenvalue weighted by Crippen LogP contribution is 2.21. The van der Waals surface area contributed by atoms with E-state index in [1.165, 1.54) is 12.0 Å². The van der Waals surface area contributed by atoms with Crippen LogP contribution < -0.4 is 5.32 Å². The highest BCUT2D eigenvalue weighted by molar-refractivity contribution is 9.11. The van der Waals surface area contributed by atoms with Gasteiger partial charge in [0.05, 0.1) is 13.2 Å². The first-order chi connectivity index (χ1) is 8.24. The molecule has 0 radical (unpaired) electrons. The lowest BCUT2D eigenvalue weighted by molar-refractivity contribution is 0.139. The molecule has 0 aromatic heterocycles. The maximum absolute atomic E-state index is 5.58. The number of halogens is 2. The van der Waals surface area contributed by atoms with Crippen LogP contribution in [0.5, 0.6) is 0 Å². The van der Waals surface area contributed by atoms with Crippen molar-refractivity contribution in [1.29, 1.82) is 0 Å². The van der Waals surface area contributed by atoms with Gasteiger partial charge in [-0.3, -0.25) is 0 Å². The summed E-state index contributed by atoms with van der Waals surface area (Å²) in [6.45, 7) is 5.72. The quantitative estimate of drug-likeness (QED) is 0.709. The molecular weight excluding hydrogens is 346 g/mol. The monoisotopic (exact) mass is 363 g/mol. The van der Waals surface area contributed by atoms with E-state index in [9.17, 15) is 0 Å². The minimum atomic E-state index is 0.767. The van der Waals surface area contributed by atoms with Gasteiger partial charge in [-0.2, -0.15) is 0 Å². The molecule has 0 aliphatic carbocycles. The van der Waals surface area contributed by atoms with Crippen LogP contribution in [0.2, 0.25) is 0 Å². The van der Waals surface area contributed by atoms with Crippen LogP contribution >= 0.6 is 31.9 Å². The molecule has 0 aliphatic rings. The summed E-state index contributed by atoms with van der Waals surface area (Å²) in [5.41, 5.74) is 1.28. The van der Waals surface area contributed by atoms with Gasteiger partial charge in [-0.15, -0.1) is 0 Å². The summed E-state index contributed by atoms with van der Waals surface area (Å²) in [5.74, 6) is 0. The Bertz CT molecular complexity index is 331. The van der Waals surface area contributed by atoms with Crippen LogP contribution in [0.1, 0.15) is 18.9 Å². The average molecular weight is 365 g/mol. The van der Waals surface area contributed by atoms with Crippen molar-refractivity contribution in [3.63, 3.8) is 0 Å². The summed E-state index contributed by atoms with van der Waals surface area (Å²) >= 11 is 7.02. The van der Waals surface area contributed by atoms with Crippen LogP contribution in [0.3, 0.4) is 0 Å². The summed E-state index contributed by atoms with van der Waals surface area (Å²) in [6.07, 6.45) is 2.11. The third kappa shape index (κ3) is 6.55. The van der Waals surface area contributed by atoms with Gasteiger partial charge in [-0.25, -0.2) is 0 Å². The van der Waals surface area contributed by atoms with E-state index in [1.54, 1.807) is 0 Å². The average Bonchev–Trinajstić information content (AvgIpc) is 2.32. The first-order valence-electron chi connectivity index (χ1n) is 5.96. The Morgan fingerprint density at radius 1 is 1.18 bits per heavy atom. The van der Waals surface area contributed by atoms with Crippen molar-refractivity contribution >= 4 is 31.9 Å². The van der Waals surface area contributed by atoms with E-state index in [4.69, 9.17) is 4.74 Å². The van der Waals surface area contributed by atoms with Gasteiger partial charge in [0.1, 0.15) is 0 Å². The van der Waals surface area contributed by atoms with Crippen molar-refractivity contribution < 1.29 is 4.74 Å². The molecule has 2 nitrogen and oxygen atoms in total. The normalized spacial score (nSPS) is 10.8. The number of benzene rings is 1. The summed E-state index contributed by atoms with van der Waals surface area (Å²) < 4.78 is 7.84. The smallest absolute Gasteiger partial charge is 0.0591 e. The molecule has 0 unspecified atom stereocenters. The predicted octanol–water partition coefficient (Wildman–Crippen LogP) is 3.77. The fourth-order valence-corrected chi connectivity index (χ4v) is 2.32. The van der Waals surface area contributed by atoms with Crippen LogP contribution in [0.4, 0.5) is 0 Å². The molecule has 1 aromatic carbocycles. The molecule has 1 rings (SSSR count). The molecule has 96 valence electrons. The minimum Gasteiger partial charge on any atom is -0.380 e. The molecule has 1 aromatic rings. The van der Waals surface area contributed by atoms with Crippen molar-refractivity contribution in [2.24, 2.45) is 0 Å². The first kappa shape index (κ1) is 15.2. The van der Waals surface area contributed by atoms with Crippen molar-refractivity contribution in [1.82, 2.24) is 5.32 Å². The Morgan fingerprint density at radius 3 is 2.76 bits per heavy atom. The van der Waals surface area contributed by atoms with Crippen molar-refractivity contribution in [3.05, 3.63) is 32.7 Å². The van der Waals surface area contributed by atoms with Gasteiger partial charge >= 0.3 is 0 Å². The standard InChI is InChI=1S/C13H19Br2NO/c1-2-6-16-7-9-17-8-5-11-10-12(14)3-4-13(11)15/h3-4,10,16H,2,5-9H2,1H3. The highest BCUT2D eigenvalue weighted by Gasteiger charge is 2.00. The van der Waals surface area contributed by atoms with Gasteiger partial charge in [-0.05, 0) is 43.1 Å². The largest absolute Gasteiger partial charge is 0.380 e. The van der Waals surface area contributed by atoms with Crippen LogP contribution in [-0.4, -0.2) is 26.3 Å². The van der Waals surface area contributed by atoms with Gasteiger partial charge in [-0.1, -0.05) is 38.8 Å². The van der Waals surface area contributed by atoms with E-state index in [2.05, 4.69) is 56.2 Å². The number of nitrogens with one attached hydrogen (secondary N) is 1. The zero-order chi connectivity index (χ0) is 12.5. The van der Waals surface area contributed by atoms with Crippen molar-refractivity contribution in [3.8, 4) is 0 Å². The second-order valence-electron chi connectivity index (χ2n) is 3.85. The minimum absolute atomic E-state index is 0.767. The Hall–Kier alpha value is 0.1000. The molecule has 4 heteroatoms. The van der Waals surface area contributed by atoms with Gasteiger partial charge in [0.2, 0.25) is 0 Å². The first-order valence-corrected chi connectivity index (χ1v) is 7.55. The van der Waals surface area contributed by atoms with Gasteiger partial charge < -0.3 is 10.1 Å². The molecule has 0 atom stereocenters.